The second-order valence-corrected chi connectivity index (χ2v) is 8.09. The smallest absolute Gasteiger partial charge is 0.0348 e. The maximum absolute atomic E-state index is 2.36. The van der Waals surface area contributed by atoms with Crippen LogP contribution in [-0.2, 0) is 0 Å². The summed E-state index contributed by atoms with van der Waals surface area (Å²) in [6.45, 7) is 4.58. The minimum absolute atomic E-state index is 1.26. The maximum atomic E-state index is 2.36. The van der Waals surface area contributed by atoms with Gasteiger partial charge in [0.1, 0.15) is 0 Å². The Balaban J connectivity index is 3.13. The third kappa shape index (κ3) is 23.5. The van der Waals surface area contributed by atoms with Gasteiger partial charge in [0.05, 0.1) is 0 Å². The molecule has 0 radical (unpaired) electrons. The molecule has 0 heterocycles. The largest absolute Gasteiger partial charge is 0.0845 e. The molecule has 0 aliphatic carbocycles. The standard InChI is InChI=1S/C26H50/c1-3-5-7-9-11-13-15-17-19-21-23-25-26-24-22-20-18-16-14-12-10-8-6-4-2/h17,19,21,23H,3-16,18,20,22,24-26H2,1-2H3. The van der Waals surface area contributed by atoms with Gasteiger partial charge in [-0.05, 0) is 25.7 Å². The molecule has 0 aliphatic heterocycles. The molecule has 0 spiro atoms. The van der Waals surface area contributed by atoms with E-state index in [2.05, 4.69) is 38.2 Å². The molecule has 0 fully saturated rings. The van der Waals surface area contributed by atoms with E-state index in [1.54, 1.807) is 0 Å². The van der Waals surface area contributed by atoms with E-state index in [1.165, 1.54) is 128 Å². The highest BCUT2D eigenvalue weighted by molar-refractivity contribution is 5.02. The molecule has 0 aromatic rings. The number of hydrogen-bond acceptors (Lipinski definition) is 0. The van der Waals surface area contributed by atoms with Crippen LogP contribution in [-0.4, -0.2) is 0 Å². The molecular weight excluding hydrogens is 312 g/mol. The molecule has 0 heteroatoms. The van der Waals surface area contributed by atoms with Crippen LogP contribution < -0.4 is 0 Å². The highest BCUT2D eigenvalue weighted by Crippen LogP contribution is 2.12. The topological polar surface area (TPSA) is 0 Å². The minimum Gasteiger partial charge on any atom is -0.0845 e. The molecule has 154 valence electrons. The Labute approximate surface area is 166 Å². The van der Waals surface area contributed by atoms with Gasteiger partial charge in [0.25, 0.3) is 0 Å². The fraction of sp³-hybridized carbons (Fsp3) is 0.846. The molecule has 0 amide bonds. The van der Waals surface area contributed by atoms with Crippen LogP contribution >= 0.6 is 0 Å². The van der Waals surface area contributed by atoms with Gasteiger partial charge in [0.15, 0.2) is 0 Å². The zero-order valence-corrected chi connectivity index (χ0v) is 18.5. The summed E-state index contributed by atoms with van der Waals surface area (Å²) in [5.41, 5.74) is 0. The number of rotatable bonds is 21. The van der Waals surface area contributed by atoms with Crippen molar-refractivity contribution in [3.05, 3.63) is 24.3 Å². The zero-order chi connectivity index (χ0) is 19.0. The van der Waals surface area contributed by atoms with Gasteiger partial charge in [0.2, 0.25) is 0 Å². The summed E-state index contributed by atoms with van der Waals surface area (Å²) in [5.74, 6) is 0. The lowest BCUT2D eigenvalue weighted by Gasteiger charge is -2.02. The van der Waals surface area contributed by atoms with Crippen molar-refractivity contribution in [1.82, 2.24) is 0 Å². The third-order valence-electron chi connectivity index (χ3n) is 5.33. The quantitative estimate of drug-likeness (QED) is 0.141. The lowest BCUT2D eigenvalue weighted by molar-refractivity contribution is 0.545. The first-order valence-electron chi connectivity index (χ1n) is 12.2. The Hall–Kier alpha value is -0.520. The van der Waals surface area contributed by atoms with E-state index >= 15 is 0 Å². The van der Waals surface area contributed by atoms with Crippen molar-refractivity contribution >= 4 is 0 Å². The van der Waals surface area contributed by atoms with Gasteiger partial charge in [-0.25, -0.2) is 0 Å². The Bertz CT molecular complexity index is 286. The molecule has 0 rings (SSSR count). The summed E-state index contributed by atoms with van der Waals surface area (Å²) in [5, 5.41) is 0. The molecule has 0 aromatic carbocycles. The van der Waals surface area contributed by atoms with Crippen molar-refractivity contribution in [2.24, 2.45) is 0 Å². The first-order valence-corrected chi connectivity index (χ1v) is 12.2. The first kappa shape index (κ1) is 25.5. The summed E-state index contributed by atoms with van der Waals surface area (Å²) < 4.78 is 0. The highest BCUT2D eigenvalue weighted by Gasteiger charge is 1.93. The number of unbranched alkanes of at least 4 members (excludes halogenated alkanes) is 18. The number of hydrogen-bond donors (Lipinski definition) is 0. The average molecular weight is 363 g/mol. The van der Waals surface area contributed by atoms with E-state index < -0.39 is 0 Å². The Morgan fingerprint density at radius 2 is 0.615 bits per heavy atom. The van der Waals surface area contributed by atoms with Crippen LogP contribution in [0.5, 0.6) is 0 Å². The van der Waals surface area contributed by atoms with E-state index in [-0.39, 0.29) is 0 Å². The van der Waals surface area contributed by atoms with Crippen LogP contribution in [0, 0.1) is 0 Å². The molecule has 0 nitrogen and oxygen atoms in total. The van der Waals surface area contributed by atoms with Crippen LogP contribution in [0.25, 0.3) is 0 Å². The molecule has 0 aliphatic rings. The van der Waals surface area contributed by atoms with E-state index in [1.807, 2.05) is 0 Å². The fourth-order valence-corrected chi connectivity index (χ4v) is 3.50. The SMILES string of the molecule is CCCCCCCCC=CC=CCCCCCCCCCCCCCC. The summed E-state index contributed by atoms with van der Waals surface area (Å²) in [6.07, 6.45) is 37.4. The predicted molar refractivity (Wildman–Crippen MR) is 122 cm³/mol. The van der Waals surface area contributed by atoms with Crippen LogP contribution in [0.4, 0.5) is 0 Å². The van der Waals surface area contributed by atoms with Crippen molar-refractivity contribution in [2.45, 2.75) is 142 Å². The molecule has 0 bridgehead atoms. The fourth-order valence-electron chi connectivity index (χ4n) is 3.50. The van der Waals surface area contributed by atoms with Crippen molar-refractivity contribution < 1.29 is 0 Å². The zero-order valence-electron chi connectivity index (χ0n) is 18.5. The summed E-state index contributed by atoms with van der Waals surface area (Å²) in [6, 6.07) is 0. The van der Waals surface area contributed by atoms with Gasteiger partial charge in [-0.1, -0.05) is 141 Å². The molecule has 26 heavy (non-hydrogen) atoms. The van der Waals surface area contributed by atoms with Gasteiger partial charge >= 0.3 is 0 Å². The van der Waals surface area contributed by atoms with Crippen molar-refractivity contribution in [1.29, 1.82) is 0 Å². The first-order chi connectivity index (χ1) is 12.9. The molecule has 0 saturated carbocycles. The van der Waals surface area contributed by atoms with Gasteiger partial charge in [-0.2, -0.15) is 0 Å². The van der Waals surface area contributed by atoms with Crippen molar-refractivity contribution in [3.63, 3.8) is 0 Å². The van der Waals surface area contributed by atoms with Crippen LogP contribution in [0.15, 0.2) is 24.3 Å². The average Bonchev–Trinajstić information content (AvgIpc) is 2.66. The second kappa shape index (κ2) is 24.5. The predicted octanol–water partition coefficient (Wildman–Crippen LogP) is 9.94. The maximum Gasteiger partial charge on any atom is -0.0348 e. The molecule has 0 unspecified atom stereocenters. The van der Waals surface area contributed by atoms with Gasteiger partial charge in [-0.15, -0.1) is 0 Å². The van der Waals surface area contributed by atoms with E-state index in [4.69, 9.17) is 0 Å². The normalized spacial score (nSPS) is 11.9. The summed E-state index contributed by atoms with van der Waals surface area (Å²) in [7, 11) is 0. The molecule has 0 aromatic heterocycles. The van der Waals surface area contributed by atoms with Crippen LogP contribution in [0.1, 0.15) is 142 Å². The molecule has 0 saturated heterocycles. The van der Waals surface area contributed by atoms with Crippen LogP contribution in [0.2, 0.25) is 0 Å². The summed E-state index contributed by atoms with van der Waals surface area (Å²) >= 11 is 0. The minimum atomic E-state index is 1.26. The van der Waals surface area contributed by atoms with Gasteiger partial charge in [0, 0.05) is 0 Å². The second-order valence-electron chi connectivity index (χ2n) is 8.09. The van der Waals surface area contributed by atoms with E-state index in [0.29, 0.717) is 0 Å². The van der Waals surface area contributed by atoms with E-state index in [0.717, 1.165) is 0 Å². The number of allylic oxidation sites excluding steroid dienone is 4. The lowest BCUT2D eigenvalue weighted by Crippen LogP contribution is -1.82. The van der Waals surface area contributed by atoms with Crippen molar-refractivity contribution in [2.75, 3.05) is 0 Å². The Morgan fingerprint density at radius 3 is 0.923 bits per heavy atom. The van der Waals surface area contributed by atoms with E-state index in [9.17, 15) is 0 Å². The molecular formula is C26H50. The monoisotopic (exact) mass is 362 g/mol. The van der Waals surface area contributed by atoms with Gasteiger partial charge in [-0.3, -0.25) is 0 Å². The third-order valence-corrected chi connectivity index (χ3v) is 5.33. The van der Waals surface area contributed by atoms with Crippen LogP contribution in [0.3, 0.4) is 0 Å². The Morgan fingerprint density at radius 1 is 0.346 bits per heavy atom. The van der Waals surface area contributed by atoms with Gasteiger partial charge < -0.3 is 0 Å². The molecule has 0 N–H and O–H groups in total. The highest BCUT2D eigenvalue weighted by atomic mass is 14.0. The Kier molecular flexibility index (Phi) is 24.0. The molecule has 0 atom stereocenters. The lowest BCUT2D eigenvalue weighted by atomic mass is 10.0. The summed E-state index contributed by atoms with van der Waals surface area (Å²) in [4.78, 5) is 0. The van der Waals surface area contributed by atoms with Crippen molar-refractivity contribution in [3.8, 4) is 0 Å².